The first kappa shape index (κ1) is 14.3. The number of nitrogens with one attached hydrogen (secondary N) is 2. The Morgan fingerprint density at radius 1 is 1.32 bits per heavy atom. The summed E-state index contributed by atoms with van der Waals surface area (Å²) in [5, 5.41) is 10.7. The third-order valence-electron chi connectivity index (χ3n) is 3.61. The molecule has 1 fully saturated rings. The maximum atomic E-state index is 4.63. The lowest BCUT2D eigenvalue weighted by Crippen LogP contribution is -2.37. The van der Waals surface area contributed by atoms with Gasteiger partial charge in [-0.3, -0.25) is 5.10 Å². The quantitative estimate of drug-likeness (QED) is 0.872. The van der Waals surface area contributed by atoms with E-state index in [9.17, 15) is 0 Å². The molecule has 2 rings (SSSR count). The summed E-state index contributed by atoms with van der Waals surface area (Å²) in [6.45, 7) is 9.92. The second kappa shape index (κ2) is 5.90. The summed E-state index contributed by atoms with van der Waals surface area (Å²) in [5.41, 5.74) is 0.247. The smallest absolute Gasteiger partial charge is 0.244 e. The van der Waals surface area contributed by atoms with E-state index >= 15 is 0 Å². The van der Waals surface area contributed by atoms with Crippen LogP contribution in [-0.4, -0.2) is 41.9 Å². The topological polar surface area (TPSA) is 56.8 Å². The van der Waals surface area contributed by atoms with Crippen LogP contribution < -0.4 is 10.2 Å². The molecule has 1 saturated heterocycles. The fourth-order valence-electron chi connectivity index (χ4n) is 2.63. The van der Waals surface area contributed by atoms with E-state index < -0.39 is 0 Å². The largest absolute Gasteiger partial charge is 0.340 e. The molecule has 0 aromatic carbocycles. The van der Waals surface area contributed by atoms with Gasteiger partial charge in [0.05, 0.1) is 0 Å². The molecule has 1 aromatic rings. The van der Waals surface area contributed by atoms with Crippen molar-refractivity contribution in [2.24, 2.45) is 11.3 Å². The van der Waals surface area contributed by atoms with Crippen LogP contribution in [0.4, 0.5) is 5.95 Å². The molecule has 2 heterocycles. The van der Waals surface area contributed by atoms with Gasteiger partial charge in [-0.2, -0.15) is 4.98 Å². The van der Waals surface area contributed by atoms with E-state index in [4.69, 9.17) is 0 Å². The van der Waals surface area contributed by atoms with Gasteiger partial charge in [-0.1, -0.05) is 20.8 Å². The molecule has 19 heavy (non-hydrogen) atoms. The highest BCUT2D eigenvalue weighted by Crippen LogP contribution is 2.22. The summed E-state index contributed by atoms with van der Waals surface area (Å²) >= 11 is 0. The van der Waals surface area contributed by atoms with Crippen molar-refractivity contribution in [1.82, 2.24) is 20.5 Å². The number of hydrogen-bond donors (Lipinski definition) is 2. The molecule has 1 aliphatic heterocycles. The summed E-state index contributed by atoms with van der Waals surface area (Å²) in [4.78, 5) is 6.93. The van der Waals surface area contributed by atoms with Crippen LogP contribution in [0.2, 0.25) is 0 Å². The van der Waals surface area contributed by atoms with Crippen molar-refractivity contribution in [3.8, 4) is 0 Å². The lowest BCUT2D eigenvalue weighted by molar-refractivity contribution is 0.390. The number of piperidine rings is 1. The van der Waals surface area contributed by atoms with Crippen molar-refractivity contribution in [3.63, 3.8) is 0 Å². The van der Waals surface area contributed by atoms with Gasteiger partial charge in [-0.15, -0.1) is 5.10 Å². The summed E-state index contributed by atoms with van der Waals surface area (Å²) in [6.07, 6.45) is 3.39. The Morgan fingerprint density at radius 3 is 2.58 bits per heavy atom. The van der Waals surface area contributed by atoms with E-state index in [-0.39, 0.29) is 5.41 Å². The maximum Gasteiger partial charge on any atom is 0.244 e. The van der Waals surface area contributed by atoms with Crippen molar-refractivity contribution in [1.29, 1.82) is 0 Å². The molecule has 0 saturated carbocycles. The van der Waals surface area contributed by atoms with Gasteiger partial charge >= 0.3 is 0 Å². The van der Waals surface area contributed by atoms with E-state index in [0.29, 0.717) is 0 Å². The van der Waals surface area contributed by atoms with Crippen LogP contribution in [0.1, 0.15) is 39.4 Å². The third-order valence-corrected chi connectivity index (χ3v) is 3.61. The fraction of sp³-hybridized carbons (Fsp3) is 0.857. The van der Waals surface area contributed by atoms with Gasteiger partial charge in [0.2, 0.25) is 5.95 Å². The number of H-pyrrole nitrogens is 1. The van der Waals surface area contributed by atoms with E-state index in [0.717, 1.165) is 43.7 Å². The predicted octanol–water partition coefficient (Wildman–Crippen LogP) is 1.83. The van der Waals surface area contributed by atoms with E-state index in [1.54, 1.807) is 0 Å². The van der Waals surface area contributed by atoms with E-state index in [1.807, 2.05) is 7.05 Å². The van der Waals surface area contributed by atoms with Crippen LogP contribution in [0.5, 0.6) is 0 Å². The third kappa shape index (κ3) is 4.20. The maximum absolute atomic E-state index is 4.63. The van der Waals surface area contributed by atoms with Crippen LogP contribution in [0.15, 0.2) is 0 Å². The molecule has 108 valence electrons. The Morgan fingerprint density at radius 2 is 2.00 bits per heavy atom. The van der Waals surface area contributed by atoms with Crippen molar-refractivity contribution < 1.29 is 0 Å². The monoisotopic (exact) mass is 265 g/mol. The molecular formula is C14H27N5. The Kier molecular flexibility index (Phi) is 4.45. The first-order chi connectivity index (χ1) is 8.98. The number of aromatic amines is 1. The molecule has 2 N–H and O–H groups in total. The number of rotatable bonds is 4. The Bertz CT molecular complexity index is 385. The van der Waals surface area contributed by atoms with E-state index in [2.05, 4.69) is 46.2 Å². The zero-order chi connectivity index (χ0) is 13.9. The predicted molar refractivity (Wildman–Crippen MR) is 78.4 cm³/mol. The molecule has 0 aliphatic carbocycles. The number of hydrogen-bond acceptors (Lipinski definition) is 4. The second-order valence-electron chi connectivity index (χ2n) is 6.81. The Labute approximate surface area is 116 Å². The van der Waals surface area contributed by atoms with Gasteiger partial charge in [0, 0.05) is 19.5 Å². The van der Waals surface area contributed by atoms with Crippen LogP contribution in [0.3, 0.4) is 0 Å². The standard InChI is InChI=1S/C14H27N5/c1-14(2,3)9-12-16-13(18-17-12)19-7-5-11(6-8-19)10-15-4/h11,15H,5-10H2,1-4H3,(H,16,17,18). The molecule has 0 bridgehead atoms. The minimum atomic E-state index is 0.247. The molecule has 0 spiro atoms. The van der Waals surface area contributed by atoms with Gasteiger partial charge in [0.1, 0.15) is 5.82 Å². The highest BCUT2D eigenvalue weighted by molar-refractivity contribution is 5.29. The lowest BCUT2D eigenvalue weighted by atomic mass is 9.92. The van der Waals surface area contributed by atoms with Crippen LogP contribution in [0.25, 0.3) is 0 Å². The highest BCUT2D eigenvalue weighted by atomic mass is 15.4. The number of aromatic nitrogens is 3. The summed E-state index contributed by atoms with van der Waals surface area (Å²) in [6, 6.07) is 0. The molecule has 5 heteroatoms. The minimum absolute atomic E-state index is 0.247. The molecule has 0 amide bonds. The molecule has 1 aromatic heterocycles. The van der Waals surface area contributed by atoms with Crippen molar-refractivity contribution in [2.75, 3.05) is 31.6 Å². The number of anilines is 1. The normalized spacial score (nSPS) is 18.0. The van der Waals surface area contributed by atoms with Crippen LogP contribution in [-0.2, 0) is 6.42 Å². The minimum Gasteiger partial charge on any atom is -0.340 e. The van der Waals surface area contributed by atoms with Gasteiger partial charge < -0.3 is 10.2 Å². The molecule has 0 unspecified atom stereocenters. The molecule has 5 nitrogen and oxygen atoms in total. The van der Waals surface area contributed by atoms with Crippen LogP contribution in [0, 0.1) is 11.3 Å². The van der Waals surface area contributed by atoms with Gasteiger partial charge in [0.25, 0.3) is 0 Å². The Hall–Kier alpha value is -1.10. The van der Waals surface area contributed by atoms with E-state index in [1.165, 1.54) is 12.8 Å². The average molecular weight is 265 g/mol. The highest BCUT2D eigenvalue weighted by Gasteiger charge is 2.22. The average Bonchev–Trinajstić information content (AvgIpc) is 2.76. The molecule has 0 atom stereocenters. The molecule has 0 radical (unpaired) electrons. The molecule has 1 aliphatic rings. The van der Waals surface area contributed by atoms with Crippen LogP contribution >= 0.6 is 0 Å². The SMILES string of the molecule is CNCC1CCN(c2n[nH]c(CC(C)(C)C)n2)CC1. The summed E-state index contributed by atoms with van der Waals surface area (Å²) < 4.78 is 0. The van der Waals surface area contributed by atoms with Gasteiger partial charge in [-0.25, -0.2) is 0 Å². The van der Waals surface area contributed by atoms with Crippen molar-refractivity contribution in [3.05, 3.63) is 5.82 Å². The second-order valence-corrected chi connectivity index (χ2v) is 6.81. The zero-order valence-electron chi connectivity index (χ0n) is 12.7. The van der Waals surface area contributed by atoms with Crippen molar-refractivity contribution >= 4 is 5.95 Å². The Balaban J connectivity index is 1.90. The van der Waals surface area contributed by atoms with Gasteiger partial charge in [-0.05, 0) is 37.8 Å². The first-order valence-corrected chi connectivity index (χ1v) is 7.29. The van der Waals surface area contributed by atoms with Crippen molar-refractivity contribution in [2.45, 2.75) is 40.0 Å². The zero-order valence-corrected chi connectivity index (χ0v) is 12.7. The first-order valence-electron chi connectivity index (χ1n) is 7.29. The molecular weight excluding hydrogens is 238 g/mol. The number of nitrogens with zero attached hydrogens (tertiary/aromatic N) is 3. The summed E-state index contributed by atoms with van der Waals surface area (Å²) in [7, 11) is 2.03. The summed E-state index contributed by atoms with van der Waals surface area (Å²) in [5.74, 6) is 2.68. The van der Waals surface area contributed by atoms with Gasteiger partial charge in [0.15, 0.2) is 0 Å². The fourth-order valence-corrected chi connectivity index (χ4v) is 2.63. The lowest BCUT2D eigenvalue weighted by Gasteiger charge is -2.31.